The number of carbonyl (C=O) groups excluding carboxylic acids is 2. The third kappa shape index (κ3) is 8.50. The predicted octanol–water partition coefficient (Wildman–Crippen LogP) is 4.35. The van der Waals surface area contributed by atoms with Crippen LogP contribution in [0.4, 0.5) is 4.39 Å². The fourth-order valence-electron chi connectivity index (χ4n) is 5.58. The Hall–Kier alpha value is -3.49. The molecule has 2 amide bonds. The monoisotopic (exact) mass is 563 g/mol. The number of ether oxygens (including phenoxy) is 1. The first-order valence-corrected chi connectivity index (χ1v) is 14.6. The van der Waals surface area contributed by atoms with Gasteiger partial charge >= 0.3 is 0 Å². The van der Waals surface area contributed by atoms with Crippen LogP contribution in [0.25, 0.3) is 0 Å². The van der Waals surface area contributed by atoms with Crippen molar-refractivity contribution in [3.63, 3.8) is 0 Å². The van der Waals surface area contributed by atoms with E-state index >= 15 is 0 Å². The molecule has 2 aromatic carbocycles. The number of hydrogen-bond acceptors (Lipinski definition) is 5. The van der Waals surface area contributed by atoms with Crippen LogP contribution in [0.2, 0.25) is 0 Å². The normalized spacial score (nSPS) is 21.5. The summed E-state index contributed by atoms with van der Waals surface area (Å²) in [5.41, 5.74) is 0.893. The Labute approximate surface area is 242 Å². The first-order chi connectivity index (χ1) is 19.8. The lowest BCUT2D eigenvalue weighted by atomic mass is 10.0. The van der Waals surface area contributed by atoms with Gasteiger partial charge in [0.1, 0.15) is 29.9 Å². The zero-order valence-corrected chi connectivity index (χ0v) is 23.6. The highest BCUT2D eigenvalue weighted by Gasteiger charge is 2.60. The van der Waals surface area contributed by atoms with Crippen molar-refractivity contribution in [2.24, 2.45) is 5.92 Å². The van der Waals surface area contributed by atoms with E-state index in [1.807, 2.05) is 24.3 Å². The number of benzene rings is 2. The standard InChI is InChI=1S/C33H42FN3O4/c1-3-20-41-28-11-7-8-24(21-28)15-19-30(38)36-29(18-14-23-12-16-26(34)17-13-23)31(39)37-33(22-25(33)4-2)32(40)35-27-9-5-6-10-27/h3-4,7-8,11-13,16-17,21,25,27,29,31,37,39H,1-2,5-6,9-10,14-15,18-20,22H2,(H,35,40)(H,36,38)/t25?,29-,31?,33-/m0/s1. The van der Waals surface area contributed by atoms with E-state index in [1.165, 1.54) is 12.1 Å². The van der Waals surface area contributed by atoms with Crippen LogP contribution in [-0.2, 0) is 22.4 Å². The van der Waals surface area contributed by atoms with Crippen LogP contribution in [0.15, 0.2) is 73.8 Å². The van der Waals surface area contributed by atoms with E-state index in [2.05, 4.69) is 29.1 Å². The van der Waals surface area contributed by atoms with Gasteiger partial charge in [-0.3, -0.25) is 14.9 Å². The first-order valence-electron chi connectivity index (χ1n) is 14.6. The Balaban J connectivity index is 1.41. The van der Waals surface area contributed by atoms with Gasteiger partial charge in [0.2, 0.25) is 11.8 Å². The van der Waals surface area contributed by atoms with Gasteiger partial charge in [0.05, 0.1) is 6.04 Å². The molecule has 0 aromatic heterocycles. The molecule has 0 radical (unpaired) electrons. The summed E-state index contributed by atoms with van der Waals surface area (Å²) < 4.78 is 19.0. The van der Waals surface area contributed by atoms with Gasteiger partial charge in [-0.05, 0) is 73.9 Å². The van der Waals surface area contributed by atoms with Gasteiger partial charge in [0, 0.05) is 18.4 Å². The number of hydrogen-bond donors (Lipinski definition) is 4. The van der Waals surface area contributed by atoms with Gasteiger partial charge in [0.25, 0.3) is 0 Å². The molecule has 0 aliphatic heterocycles. The van der Waals surface area contributed by atoms with Crippen LogP contribution >= 0.6 is 0 Å². The highest BCUT2D eigenvalue weighted by molar-refractivity contribution is 5.91. The van der Waals surface area contributed by atoms with Crippen molar-refractivity contribution in [2.75, 3.05) is 6.61 Å². The minimum atomic E-state index is -1.17. The Morgan fingerprint density at radius 1 is 1.10 bits per heavy atom. The van der Waals surface area contributed by atoms with E-state index in [4.69, 9.17) is 4.74 Å². The third-order valence-corrected chi connectivity index (χ3v) is 8.09. The number of aryl methyl sites for hydroxylation is 2. The molecule has 4 rings (SSSR count). The van der Waals surface area contributed by atoms with Crippen molar-refractivity contribution >= 4 is 11.8 Å². The molecule has 2 saturated carbocycles. The fraction of sp³-hybridized carbons (Fsp3) is 0.455. The van der Waals surface area contributed by atoms with Crippen LogP contribution < -0.4 is 20.7 Å². The second kappa shape index (κ2) is 14.4. The highest BCUT2D eigenvalue weighted by Crippen LogP contribution is 2.45. The number of halogens is 1. The summed E-state index contributed by atoms with van der Waals surface area (Å²) in [5, 5.41) is 20.7. The molecule has 8 heteroatoms. The van der Waals surface area contributed by atoms with E-state index in [1.54, 1.807) is 24.3 Å². The quantitative estimate of drug-likeness (QED) is 0.180. The summed E-state index contributed by atoms with van der Waals surface area (Å²) in [4.78, 5) is 26.4. The molecule has 7 nitrogen and oxygen atoms in total. The predicted molar refractivity (Wildman–Crippen MR) is 158 cm³/mol. The summed E-state index contributed by atoms with van der Waals surface area (Å²) in [6, 6.07) is 13.2. The van der Waals surface area contributed by atoms with Gasteiger partial charge in [-0.1, -0.05) is 55.8 Å². The molecular weight excluding hydrogens is 521 g/mol. The molecule has 4 N–H and O–H groups in total. The van der Waals surface area contributed by atoms with E-state index in [9.17, 15) is 19.1 Å². The Bertz CT molecular complexity index is 1200. The number of aliphatic hydroxyl groups excluding tert-OH is 1. The first kappa shape index (κ1) is 30.5. The van der Waals surface area contributed by atoms with Gasteiger partial charge in [-0.25, -0.2) is 4.39 Å². The van der Waals surface area contributed by atoms with Gasteiger partial charge in [0.15, 0.2) is 0 Å². The maximum absolute atomic E-state index is 13.4. The van der Waals surface area contributed by atoms with E-state index in [-0.39, 0.29) is 36.0 Å². The molecule has 2 fully saturated rings. The summed E-state index contributed by atoms with van der Waals surface area (Å²) >= 11 is 0. The second-order valence-corrected chi connectivity index (χ2v) is 11.1. The van der Waals surface area contributed by atoms with E-state index in [0.29, 0.717) is 38.0 Å². The van der Waals surface area contributed by atoms with Crippen LogP contribution in [-0.4, -0.2) is 47.4 Å². The molecule has 4 atom stereocenters. The SMILES string of the molecule is C=CCOc1cccc(CCC(=O)N[C@@H](CCc2ccc(F)cc2)C(O)N[C@@]2(C(=O)NC3CCCC3)CC2C=C)c1. The Morgan fingerprint density at radius 2 is 1.85 bits per heavy atom. The summed E-state index contributed by atoms with van der Waals surface area (Å²) in [6.45, 7) is 7.93. The molecule has 2 unspecified atom stereocenters. The van der Waals surface area contributed by atoms with Crippen molar-refractivity contribution in [1.82, 2.24) is 16.0 Å². The molecule has 2 aliphatic carbocycles. The fourth-order valence-corrected chi connectivity index (χ4v) is 5.58. The van der Waals surface area contributed by atoms with E-state index in [0.717, 1.165) is 36.8 Å². The second-order valence-electron chi connectivity index (χ2n) is 11.1. The Morgan fingerprint density at radius 3 is 2.54 bits per heavy atom. The molecule has 0 spiro atoms. The van der Waals surface area contributed by atoms with Crippen molar-refractivity contribution in [1.29, 1.82) is 0 Å². The van der Waals surface area contributed by atoms with Gasteiger partial charge in [-0.2, -0.15) is 0 Å². The molecule has 2 aromatic rings. The molecule has 41 heavy (non-hydrogen) atoms. The van der Waals surface area contributed by atoms with Crippen molar-refractivity contribution in [3.8, 4) is 5.75 Å². The van der Waals surface area contributed by atoms with Crippen molar-refractivity contribution in [2.45, 2.75) is 81.6 Å². The molecule has 0 heterocycles. The van der Waals surface area contributed by atoms with Gasteiger partial charge < -0.3 is 20.5 Å². The van der Waals surface area contributed by atoms with Crippen LogP contribution in [0, 0.1) is 11.7 Å². The summed E-state index contributed by atoms with van der Waals surface area (Å²) in [6.07, 6.45) is 8.53. The molecule has 220 valence electrons. The summed E-state index contributed by atoms with van der Waals surface area (Å²) in [7, 11) is 0. The average molecular weight is 564 g/mol. The summed E-state index contributed by atoms with van der Waals surface area (Å²) in [5.74, 6) is -0.0633. The van der Waals surface area contributed by atoms with Crippen molar-refractivity contribution in [3.05, 3.63) is 90.8 Å². The number of amides is 2. The topological polar surface area (TPSA) is 99.7 Å². The number of nitrogens with one attached hydrogen (secondary N) is 3. The minimum Gasteiger partial charge on any atom is -0.490 e. The van der Waals surface area contributed by atoms with E-state index < -0.39 is 17.8 Å². The molecule has 0 bridgehead atoms. The zero-order chi connectivity index (χ0) is 29.2. The van der Waals surface area contributed by atoms with Crippen LogP contribution in [0.3, 0.4) is 0 Å². The molecule has 2 aliphatic rings. The Kier molecular flexibility index (Phi) is 10.7. The lowest BCUT2D eigenvalue weighted by molar-refractivity contribution is -0.127. The lowest BCUT2D eigenvalue weighted by Gasteiger charge is -2.30. The average Bonchev–Trinajstić information content (AvgIpc) is 3.45. The smallest absolute Gasteiger partial charge is 0.241 e. The number of rotatable bonds is 16. The zero-order valence-electron chi connectivity index (χ0n) is 23.6. The molecular formula is C33H42FN3O4. The number of carbonyl (C=O) groups is 2. The molecule has 0 saturated heterocycles. The van der Waals surface area contributed by atoms with Crippen molar-refractivity contribution < 1.29 is 23.8 Å². The number of aliphatic hydroxyl groups is 1. The lowest BCUT2D eigenvalue weighted by Crippen LogP contribution is -2.59. The third-order valence-electron chi connectivity index (χ3n) is 8.09. The van der Waals surface area contributed by atoms with Gasteiger partial charge in [-0.15, -0.1) is 6.58 Å². The maximum atomic E-state index is 13.4. The minimum absolute atomic E-state index is 0.109. The largest absolute Gasteiger partial charge is 0.490 e. The van der Waals surface area contributed by atoms with Crippen LogP contribution in [0.1, 0.15) is 56.1 Å². The maximum Gasteiger partial charge on any atom is 0.241 e. The van der Waals surface area contributed by atoms with Crippen LogP contribution in [0.5, 0.6) is 5.75 Å². The highest BCUT2D eigenvalue weighted by atomic mass is 19.1.